The van der Waals surface area contributed by atoms with Gasteiger partial charge in [-0.3, -0.25) is 0 Å². The number of para-hydroxylation sites is 1. The molecule has 0 fully saturated rings. The van der Waals surface area contributed by atoms with Crippen LogP contribution in [-0.4, -0.2) is 6.61 Å². The molecule has 0 aliphatic heterocycles. The zero-order valence-corrected chi connectivity index (χ0v) is 15.2. The first-order valence-corrected chi connectivity index (χ1v) is 8.74. The van der Waals surface area contributed by atoms with E-state index in [4.69, 9.17) is 14.2 Å². The van der Waals surface area contributed by atoms with Gasteiger partial charge in [0, 0.05) is 5.56 Å². The molecule has 6 heteroatoms. The molecule has 0 unspecified atom stereocenters. The Bertz CT molecular complexity index is 891. The minimum Gasteiger partial charge on any atom is -0.494 e. The summed E-state index contributed by atoms with van der Waals surface area (Å²) < 4.78 is 56.9. The van der Waals surface area contributed by atoms with Crippen LogP contribution in [0.2, 0.25) is 0 Å². The van der Waals surface area contributed by atoms with Crippen LogP contribution >= 0.6 is 0 Å². The highest BCUT2D eigenvalue weighted by atomic mass is 19.4. The van der Waals surface area contributed by atoms with E-state index in [2.05, 4.69) is 0 Å². The van der Waals surface area contributed by atoms with Crippen LogP contribution in [0.3, 0.4) is 0 Å². The number of hydrogen-bond acceptors (Lipinski definition) is 3. The van der Waals surface area contributed by atoms with E-state index in [-0.39, 0.29) is 17.9 Å². The van der Waals surface area contributed by atoms with Gasteiger partial charge in [-0.05, 0) is 55.5 Å². The van der Waals surface area contributed by atoms with Crippen LogP contribution < -0.4 is 14.2 Å². The second-order valence-corrected chi connectivity index (χ2v) is 5.92. The Labute approximate surface area is 161 Å². The second kappa shape index (κ2) is 8.69. The lowest BCUT2D eigenvalue weighted by Gasteiger charge is -2.16. The fourth-order valence-corrected chi connectivity index (χ4v) is 2.59. The summed E-state index contributed by atoms with van der Waals surface area (Å²) in [5, 5.41) is 0. The molecule has 146 valence electrons. The van der Waals surface area contributed by atoms with E-state index in [1.807, 2.05) is 6.92 Å². The lowest BCUT2D eigenvalue weighted by molar-refractivity contribution is -0.138. The number of benzene rings is 3. The van der Waals surface area contributed by atoms with E-state index >= 15 is 0 Å². The van der Waals surface area contributed by atoms with Crippen molar-refractivity contribution in [3.8, 4) is 23.0 Å². The van der Waals surface area contributed by atoms with Gasteiger partial charge in [0.1, 0.15) is 29.6 Å². The average molecular weight is 388 g/mol. The van der Waals surface area contributed by atoms with Gasteiger partial charge < -0.3 is 14.2 Å². The summed E-state index contributed by atoms with van der Waals surface area (Å²) in [6.45, 7) is 2.20. The Hall–Kier alpha value is -3.15. The molecule has 0 radical (unpaired) electrons. The van der Waals surface area contributed by atoms with Crippen molar-refractivity contribution >= 4 is 0 Å². The lowest BCUT2D eigenvalue weighted by atomic mass is 10.1. The molecule has 3 nitrogen and oxygen atoms in total. The van der Waals surface area contributed by atoms with Gasteiger partial charge in [-0.1, -0.05) is 24.3 Å². The Kier molecular flexibility index (Phi) is 6.09. The summed E-state index contributed by atoms with van der Waals surface area (Å²) in [5.41, 5.74) is -0.748. The molecule has 3 aromatic rings. The highest BCUT2D eigenvalue weighted by molar-refractivity contribution is 5.41. The van der Waals surface area contributed by atoms with Crippen LogP contribution in [0.4, 0.5) is 13.2 Å². The highest BCUT2D eigenvalue weighted by Gasteiger charge is 2.34. The number of alkyl halides is 3. The van der Waals surface area contributed by atoms with Gasteiger partial charge in [0.15, 0.2) is 0 Å². The van der Waals surface area contributed by atoms with Crippen molar-refractivity contribution in [2.75, 3.05) is 6.61 Å². The van der Waals surface area contributed by atoms with Crippen LogP contribution in [0.15, 0.2) is 72.8 Å². The molecule has 0 amide bonds. The summed E-state index contributed by atoms with van der Waals surface area (Å²) in [7, 11) is 0. The van der Waals surface area contributed by atoms with Gasteiger partial charge in [0.2, 0.25) is 0 Å². The molecule has 3 aromatic carbocycles. The Balaban J connectivity index is 1.78. The van der Waals surface area contributed by atoms with Gasteiger partial charge in [-0.25, -0.2) is 0 Å². The quantitative estimate of drug-likeness (QED) is 0.464. The maximum Gasteiger partial charge on any atom is 0.416 e. The molecule has 0 spiro atoms. The van der Waals surface area contributed by atoms with Gasteiger partial charge in [-0.2, -0.15) is 13.2 Å². The molecular formula is C22H19F3O3. The van der Waals surface area contributed by atoms with Crippen molar-refractivity contribution < 1.29 is 27.4 Å². The smallest absolute Gasteiger partial charge is 0.416 e. The Morgan fingerprint density at radius 2 is 1.32 bits per heavy atom. The van der Waals surface area contributed by atoms with Crippen molar-refractivity contribution in [3.05, 3.63) is 83.9 Å². The average Bonchev–Trinajstić information content (AvgIpc) is 2.69. The molecule has 0 bridgehead atoms. The van der Waals surface area contributed by atoms with Crippen LogP contribution in [0.5, 0.6) is 23.0 Å². The van der Waals surface area contributed by atoms with E-state index in [9.17, 15) is 13.2 Å². The fourth-order valence-electron chi connectivity index (χ4n) is 2.59. The zero-order chi connectivity index (χ0) is 20.0. The summed E-state index contributed by atoms with van der Waals surface area (Å²) in [5.74, 6) is 1.69. The van der Waals surface area contributed by atoms with E-state index in [1.54, 1.807) is 54.6 Å². The molecule has 0 aromatic heterocycles. The van der Waals surface area contributed by atoms with Gasteiger partial charge in [0.05, 0.1) is 12.2 Å². The largest absolute Gasteiger partial charge is 0.494 e. The van der Waals surface area contributed by atoms with Gasteiger partial charge in [0.25, 0.3) is 0 Å². The predicted octanol–water partition coefficient (Wildman–Crippen LogP) is 6.48. The number of hydrogen-bond donors (Lipinski definition) is 0. The number of ether oxygens (including phenoxy) is 3. The summed E-state index contributed by atoms with van der Waals surface area (Å²) >= 11 is 0. The fraction of sp³-hybridized carbons (Fsp3) is 0.182. The van der Waals surface area contributed by atoms with Crippen molar-refractivity contribution in [2.24, 2.45) is 0 Å². The maximum atomic E-state index is 13.5. The summed E-state index contributed by atoms with van der Waals surface area (Å²) in [4.78, 5) is 0. The summed E-state index contributed by atoms with van der Waals surface area (Å²) in [6, 6.07) is 19.2. The molecule has 0 atom stereocenters. The molecule has 3 rings (SSSR count). The molecule has 0 saturated carbocycles. The van der Waals surface area contributed by atoms with Crippen LogP contribution in [0, 0.1) is 0 Å². The molecular weight excluding hydrogens is 369 g/mol. The van der Waals surface area contributed by atoms with E-state index in [0.717, 1.165) is 6.07 Å². The molecule has 0 aliphatic carbocycles. The van der Waals surface area contributed by atoms with E-state index < -0.39 is 11.7 Å². The van der Waals surface area contributed by atoms with Crippen molar-refractivity contribution in [1.82, 2.24) is 0 Å². The Morgan fingerprint density at radius 1 is 0.714 bits per heavy atom. The maximum absolute atomic E-state index is 13.5. The van der Waals surface area contributed by atoms with Crippen LogP contribution in [0.1, 0.15) is 18.1 Å². The molecule has 28 heavy (non-hydrogen) atoms. The van der Waals surface area contributed by atoms with Crippen LogP contribution in [-0.2, 0) is 12.8 Å². The second-order valence-electron chi connectivity index (χ2n) is 5.92. The van der Waals surface area contributed by atoms with Gasteiger partial charge >= 0.3 is 6.18 Å². The monoisotopic (exact) mass is 388 g/mol. The third-order valence-corrected chi connectivity index (χ3v) is 3.89. The zero-order valence-electron chi connectivity index (χ0n) is 15.2. The molecule has 0 heterocycles. The van der Waals surface area contributed by atoms with Crippen molar-refractivity contribution in [2.45, 2.75) is 19.7 Å². The van der Waals surface area contributed by atoms with Gasteiger partial charge in [-0.15, -0.1) is 0 Å². The first kappa shape index (κ1) is 19.6. The van der Waals surface area contributed by atoms with Crippen molar-refractivity contribution in [1.29, 1.82) is 0 Å². The molecule has 0 aliphatic rings. The standard InChI is InChI=1S/C22H19F3O3/c1-2-26-18-10-12-19(13-11-18)28-20-9-8-16(21(14-20)22(23,24)25)15-27-17-6-4-3-5-7-17/h3-14H,2,15H2,1H3. The minimum atomic E-state index is -4.52. The third kappa shape index (κ3) is 5.19. The third-order valence-electron chi connectivity index (χ3n) is 3.89. The SMILES string of the molecule is CCOc1ccc(Oc2ccc(COc3ccccc3)c(C(F)(F)F)c2)cc1. The minimum absolute atomic E-state index is 0.0374. The molecule has 0 saturated heterocycles. The normalized spacial score (nSPS) is 11.1. The van der Waals surface area contributed by atoms with E-state index in [0.29, 0.717) is 23.9 Å². The van der Waals surface area contributed by atoms with E-state index in [1.165, 1.54) is 12.1 Å². The first-order chi connectivity index (χ1) is 13.5. The highest BCUT2D eigenvalue weighted by Crippen LogP contribution is 2.36. The van der Waals surface area contributed by atoms with Crippen LogP contribution in [0.25, 0.3) is 0 Å². The summed E-state index contributed by atoms with van der Waals surface area (Å²) in [6.07, 6.45) is -4.52. The predicted molar refractivity (Wildman–Crippen MR) is 99.9 cm³/mol. The number of halogens is 3. The van der Waals surface area contributed by atoms with Crippen molar-refractivity contribution in [3.63, 3.8) is 0 Å². The lowest BCUT2D eigenvalue weighted by Crippen LogP contribution is -2.11. The topological polar surface area (TPSA) is 27.7 Å². The molecule has 0 N–H and O–H groups in total. The first-order valence-electron chi connectivity index (χ1n) is 8.74. The number of rotatable bonds is 7. The Morgan fingerprint density at radius 3 is 1.96 bits per heavy atom.